The van der Waals surface area contributed by atoms with Gasteiger partial charge in [-0.25, -0.2) is 0 Å². The van der Waals surface area contributed by atoms with Gasteiger partial charge >= 0.3 is 0 Å². The molecule has 1 heterocycles. The average Bonchev–Trinajstić information content (AvgIpc) is 2.87. The van der Waals surface area contributed by atoms with Crippen LogP contribution in [0.4, 0.5) is 0 Å². The maximum absolute atomic E-state index is 13.1. The minimum Gasteiger partial charge on any atom is -0.497 e. The molecular formula is C27H35N3O4. The minimum atomic E-state index is -0.677. The van der Waals surface area contributed by atoms with Crippen LogP contribution in [-0.4, -0.2) is 54.9 Å². The molecule has 0 radical (unpaired) electrons. The topological polar surface area (TPSA) is 87.7 Å². The van der Waals surface area contributed by atoms with Crippen molar-refractivity contribution in [2.45, 2.75) is 52.1 Å². The molecular weight excluding hydrogens is 430 g/mol. The Morgan fingerprint density at radius 3 is 2.32 bits per heavy atom. The van der Waals surface area contributed by atoms with Gasteiger partial charge < -0.3 is 20.3 Å². The number of likely N-dealkylation sites (tertiary alicyclic amines) is 1. The van der Waals surface area contributed by atoms with Crippen LogP contribution in [0.1, 0.15) is 59.4 Å². The van der Waals surface area contributed by atoms with Crippen LogP contribution in [-0.2, 0) is 4.79 Å². The highest BCUT2D eigenvalue weighted by Crippen LogP contribution is 2.24. The summed E-state index contributed by atoms with van der Waals surface area (Å²) in [5.74, 6) is 0.00612. The Morgan fingerprint density at radius 1 is 1.03 bits per heavy atom. The number of hydrogen-bond donors (Lipinski definition) is 2. The van der Waals surface area contributed by atoms with E-state index in [2.05, 4.69) is 10.6 Å². The average molecular weight is 466 g/mol. The second-order valence-electron chi connectivity index (χ2n) is 9.00. The highest BCUT2D eigenvalue weighted by Gasteiger charge is 2.34. The van der Waals surface area contributed by atoms with Gasteiger partial charge in [0.2, 0.25) is 5.91 Å². The molecule has 2 aromatic rings. The summed E-state index contributed by atoms with van der Waals surface area (Å²) in [7, 11) is 1.55. The summed E-state index contributed by atoms with van der Waals surface area (Å²) >= 11 is 0. The number of amides is 3. The second-order valence-corrected chi connectivity index (χ2v) is 9.00. The van der Waals surface area contributed by atoms with Gasteiger partial charge in [-0.1, -0.05) is 30.7 Å². The molecule has 1 saturated heterocycles. The Hall–Kier alpha value is -3.35. The van der Waals surface area contributed by atoms with E-state index in [-0.39, 0.29) is 29.7 Å². The van der Waals surface area contributed by atoms with Crippen molar-refractivity contribution in [3.8, 4) is 5.75 Å². The molecule has 1 aliphatic heterocycles. The van der Waals surface area contributed by atoms with Gasteiger partial charge in [-0.2, -0.15) is 0 Å². The third-order valence-corrected chi connectivity index (χ3v) is 6.50. The van der Waals surface area contributed by atoms with E-state index in [1.165, 1.54) is 0 Å². The van der Waals surface area contributed by atoms with Crippen molar-refractivity contribution in [2.75, 3.05) is 20.2 Å². The summed E-state index contributed by atoms with van der Waals surface area (Å²) in [4.78, 5) is 40.9. The molecule has 3 rings (SSSR count). The van der Waals surface area contributed by atoms with Gasteiger partial charge in [0.25, 0.3) is 11.8 Å². The van der Waals surface area contributed by atoms with Crippen molar-refractivity contribution in [3.05, 3.63) is 65.2 Å². The number of carbonyl (C=O) groups excluding carboxylic acids is 3. The number of nitrogens with zero attached hydrogens (tertiary/aromatic N) is 1. The normalized spacial score (nSPS) is 15.8. The van der Waals surface area contributed by atoms with E-state index in [4.69, 9.17) is 4.74 Å². The summed E-state index contributed by atoms with van der Waals surface area (Å²) in [5.41, 5.74) is 2.21. The number of aryl methyl sites for hydroxylation is 1. The van der Waals surface area contributed by atoms with Gasteiger partial charge in [0, 0.05) is 30.3 Å². The molecule has 0 unspecified atom stereocenters. The molecule has 0 saturated carbocycles. The quantitative estimate of drug-likeness (QED) is 0.624. The van der Waals surface area contributed by atoms with E-state index < -0.39 is 6.04 Å². The molecule has 0 spiro atoms. The SMILES string of the molecule is CC[C@H](C)NC(=O)[C@@H](NC(=O)c1cccc(OC)c1)C1CCN(C(=O)c2ccc(C)cc2)CC1. The third kappa shape index (κ3) is 6.37. The molecule has 1 aliphatic rings. The van der Waals surface area contributed by atoms with Crippen LogP contribution in [0.3, 0.4) is 0 Å². The molecule has 0 bridgehead atoms. The van der Waals surface area contributed by atoms with E-state index in [9.17, 15) is 14.4 Å². The first-order chi connectivity index (χ1) is 16.3. The first kappa shape index (κ1) is 25.3. The van der Waals surface area contributed by atoms with Gasteiger partial charge in [0.15, 0.2) is 0 Å². The fraction of sp³-hybridized carbons (Fsp3) is 0.444. The zero-order valence-electron chi connectivity index (χ0n) is 20.5. The Bertz CT molecular complexity index is 997. The molecule has 3 amide bonds. The summed E-state index contributed by atoms with van der Waals surface area (Å²) in [6.45, 7) is 7.02. The van der Waals surface area contributed by atoms with E-state index in [0.717, 1.165) is 12.0 Å². The third-order valence-electron chi connectivity index (χ3n) is 6.50. The predicted molar refractivity (Wildman–Crippen MR) is 132 cm³/mol. The van der Waals surface area contributed by atoms with Crippen molar-refractivity contribution in [2.24, 2.45) is 5.92 Å². The monoisotopic (exact) mass is 465 g/mol. The van der Waals surface area contributed by atoms with Crippen molar-refractivity contribution in [1.29, 1.82) is 0 Å². The molecule has 1 fully saturated rings. The largest absolute Gasteiger partial charge is 0.497 e. The zero-order valence-corrected chi connectivity index (χ0v) is 20.5. The smallest absolute Gasteiger partial charge is 0.253 e. The van der Waals surface area contributed by atoms with Crippen molar-refractivity contribution < 1.29 is 19.1 Å². The zero-order chi connectivity index (χ0) is 24.7. The van der Waals surface area contributed by atoms with Crippen LogP contribution in [0.2, 0.25) is 0 Å². The van der Waals surface area contributed by atoms with Gasteiger partial charge in [-0.05, 0) is 69.4 Å². The Balaban J connectivity index is 1.70. The first-order valence-corrected chi connectivity index (χ1v) is 11.9. The maximum atomic E-state index is 13.1. The van der Waals surface area contributed by atoms with Crippen LogP contribution >= 0.6 is 0 Å². The summed E-state index contributed by atoms with van der Waals surface area (Å²) in [6.07, 6.45) is 2.06. The number of piperidine rings is 1. The summed E-state index contributed by atoms with van der Waals surface area (Å²) < 4.78 is 5.22. The maximum Gasteiger partial charge on any atom is 0.253 e. The van der Waals surface area contributed by atoms with Crippen LogP contribution in [0.25, 0.3) is 0 Å². The van der Waals surface area contributed by atoms with Crippen molar-refractivity contribution >= 4 is 17.7 Å². The molecule has 7 heteroatoms. The van der Waals surface area contributed by atoms with Crippen LogP contribution in [0, 0.1) is 12.8 Å². The van der Waals surface area contributed by atoms with E-state index in [1.54, 1.807) is 31.4 Å². The molecule has 7 nitrogen and oxygen atoms in total. The van der Waals surface area contributed by atoms with E-state index >= 15 is 0 Å². The Kier molecular flexibility index (Phi) is 8.68. The molecule has 2 aromatic carbocycles. The number of carbonyl (C=O) groups is 3. The number of benzene rings is 2. The Labute approximate surface area is 201 Å². The predicted octanol–water partition coefficient (Wildman–Crippen LogP) is 3.57. The second kappa shape index (κ2) is 11.7. The number of ether oxygens (including phenoxy) is 1. The highest BCUT2D eigenvalue weighted by molar-refractivity contribution is 5.98. The van der Waals surface area contributed by atoms with Gasteiger partial charge in [0.1, 0.15) is 11.8 Å². The van der Waals surface area contributed by atoms with Gasteiger partial charge in [0.05, 0.1) is 7.11 Å². The number of nitrogens with one attached hydrogen (secondary N) is 2. The van der Waals surface area contributed by atoms with Crippen molar-refractivity contribution in [1.82, 2.24) is 15.5 Å². The molecule has 182 valence electrons. The lowest BCUT2D eigenvalue weighted by atomic mass is 9.88. The molecule has 34 heavy (non-hydrogen) atoms. The van der Waals surface area contributed by atoms with Crippen LogP contribution in [0.5, 0.6) is 5.75 Å². The summed E-state index contributed by atoms with van der Waals surface area (Å²) in [6, 6.07) is 13.8. The number of rotatable bonds is 8. The lowest BCUT2D eigenvalue weighted by Gasteiger charge is -2.36. The fourth-order valence-corrected chi connectivity index (χ4v) is 4.14. The molecule has 2 atom stereocenters. The fourth-order valence-electron chi connectivity index (χ4n) is 4.14. The Morgan fingerprint density at radius 2 is 1.71 bits per heavy atom. The minimum absolute atomic E-state index is 0.000488. The molecule has 0 aliphatic carbocycles. The number of hydrogen-bond acceptors (Lipinski definition) is 4. The standard InChI is InChI=1S/C27H35N3O4/c1-5-19(3)28-26(32)24(29-25(31)22-7-6-8-23(17-22)34-4)20-13-15-30(16-14-20)27(33)21-11-9-18(2)10-12-21/h6-12,17,19-20,24H,5,13-16H2,1-4H3,(H,28,32)(H,29,31)/t19-,24-/m0/s1. The van der Waals surface area contributed by atoms with Crippen molar-refractivity contribution in [3.63, 3.8) is 0 Å². The van der Waals surface area contributed by atoms with Crippen LogP contribution in [0.15, 0.2) is 48.5 Å². The van der Waals surface area contributed by atoms with E-state index in [1.807, 2.05) is 49.9 Å². The lowest BCUT2D eigenvalue weighted by molar-refractivity contribution is -0.125. The van der Waals surface area contributed by atoms with Gasteiger partial charge in [-0.3, -0.25) is 14.4 Å². The highest BCUT2D eigenvalue weighted by atomic mass is 16.5. The molecule has 0 aromatic heterocycles. The number of methoxy groups -OCH3 is 1. The molecule has 2 N–H and O–H groups in total. The summed E-state index contributed by atoms with van der Waals surface area (Å²) in [5, 5.41) is 5.97. The lowest BCUT2D eigenvalue weighted by Crippen LogP contribution is -2.55. The van der Waals surface area contributed by atoms with Crippen LogP contribution < -0.4 is 15.4 Å². The van der Waals surface area contributed by atoms with E-state index in [0.29, 0.717) is 42.8 Å². The van der Waals surface area contributed by atoms with Gasteiger partial charge in [-0.15, -0.1) is 0 Å². The first-order valence-electron chi connectivity index (χ1n) is 11.9.